The number of amides is 1. The first-order valence-corrected chi connectivity index (χ1v) is 5.38. The molecular formula is C12H12F5NO. The van der Waals surface area contributed by atoms with E-state index >= 15 is 0 Å². The van der Waals surface area contributed by atoms with Gasteiger partial charge in [-0.3, -0.25) is 4.79 Å². The SMILES string of the molecule is Cc1ccc([C@@H](C)NC(=O)C(F)(F)C(F)(F)F)cc1. The summed E-state index contributed by atoms with van der Waals surface area (Å²) in [5, 5.41) is 1.65. The lowest BCUT2D eigenvalue weighted by atomic mass is 10.1. The van der Waals surface area contributed by atoms with Crippen molar-refractivity contribution in [3.63, 3.8) is 0 Å². The van der Waals surface area contributed by atoms with Gasteiger partial charge in [0.15, 0.2) is 0 Å². The molecule has 0 aliphatic heterocycles. The molecule has 0 fully saturated rings. The van der Waals surface area contributed by atoms with E-state index in [2.05, 4.69) is 0 Å². The summed E-state index contributed by atoms with van der Waals surface area (Å²) in [5.41, 5.74) is 1.35. The molecular weight excluding hydrogens is 269 g/mol. The smallest absolute Gasteiger partial charge is 0.344 e. The summed E-state index contributed by atoms with van der Waals surface area (Å²) >= 11 is 0. The summed E-state index contributed by atoms with van der Waals surface area (Å²) in [6.45, 7) is 3.12. The number of rotatable bonds is 3. The number of carbonyl (C=O) groups is 1. The number of hydrogen-bond acceptors (Lipinski definition) is 1. The van der Waals surface area contributed by atoms with E-state index in [0.717, 1.165) is 5.56 Å². The molecule has 19 heavy (non-hydrogen) atoms. The molecule has 0 aliphatic rings. The fourth-order valence-corrected chi connectivity index (χ4v) is 1.35. The summed E-state index contributed by atoms with van der Waals surface area (Å²) in [5.74, 6) is -7.75. The predicted molar refractivity (Wildman–Crippen MR) is 58.7 cm³/mol. The molecule has 1 atom stereocenters. The summed E-state index contributed by atoms with van der Waals surface area (Å²) in [6.07, 6.45) is -5.90. The quantitative estimate of drug-likeness (QED) is 0.846. The highest BCUT2D eigenvalue weighted by Gasteiger charge is 2.63. The first kappa shape index (κ1) is 15.4. The maximum atomic E-state index is 12.7. The Morgan fingerprint density at radius 3 is 2.00 bits per heavy atom. The summed E-state index contributed by atoms with van der Waals surface area (Å²) in [4.78, 5) is 11.0. The van der Waals surface area contributed by atoms with Crippen LogP contribution in [-0.2, 0) is 4.79 Å². The van der Waals surface area contributed by atoms with E-state index in [4.69, 9.17) is 0 Å². The van der Waals surface area contributed by atoms with Crippen LogP contribution in [0.15, 0.2) is 24.3 Å². The number of hydrogen-bond donors (Lipinski definition) is 1. The minimum absolute atomic E-state index is 0.442. The van der Waals surface area contributed by atoms with Crippen molar-refractivity contribution in [2.24, 2.45) is 0 Å². The van der Waals surface area contributed by atoms with E-state index in [0.29, 0.717) is 5.56 Å². The Balaban J connectivity index is 2.80. The van der Waals surface area contributed by atoms with E-state index in [1.165, 1.54) is 6.92 Å². The zero-order valence-electron chi connectivity index (χ0n) is 10.2. The minimum atomic E-state index is -5.90. The van der Waals surface area contributed by atoms with Gasteiger partial charge in [0.05, 0.1) is 6.04 Å². The summed E-state index contributed by atoms with van der Waals surface area (Å²) in [6, 6.07) is 5.49. The molecule has 0 aliphatic carbocycles. The van der Waals surface area contributed by atoms with Gasteiger partial charge < -0.3 is 5.32 Å². The zero-order chi connectivity index (χ0) is 14.8. The number of aryl methyl sites for hydroxylation is 1. The topological polar surface area (TPSA) is 29.1 Å². The van der Waals surface area contributed by atoms with Gasteiger partial charge in [0.25, 0.3) is 0 Å². The average Bonchev–Trinajstić information content (AvgIpc) is 2.28. The van der Waals surface area contributed by atoms with Gasteiger partial charge in [0.1, 0.15) is 0 Å². The maximum absolute atomic E-state index is 12.7. The third-order valence-electron chi connectivity index (χ3n) is 2.57. The van der Waals surface area contributed by atoms with E-state index in [9.17, 15) is 26.7 Å². The third kappa shape index (κ3) is 3.42. The number of nitrogens with one attached hydrogen (secondary N) is 1. The van der Waals surface area contributed by atoms with E-state index < -0.39 is 24.0 Å². The first-order chi connectivity index (χ1) is 8.55. The average molecular weight is 281 g/mol. The van der Waals surface area contributed by atoms with Crippen molar-refractivity contribution < 1.29 is 26.7 Å². The molecule has 106 valence electrons. The van der Waals surface area contributed by atoms with Crippen LogP contribution in [0, 0.1) is 6.92 Å². The molecule has 2 nitrogen and oxygen atoms in total. The predicted octanol–water partition coefficient (Wildman–Crippen LogP) is 3.37. The van der Waals surface area contributed by atoms with Crippen LogP contribution in [-0.4, -0.2) is 18.0 Å². The molecule has 1 N–H and O–H groups in total. The number of carbonyl (C=O) groups excluding carboxylic acids is 1. The molecule has 1 rings (SSSR count). The molecule has 0 spiro atoms. The summed E-state index contributed by atoms with van der Waals surface area (Å²) in [7, 11) is 0. The van der Waals surface area contributed by atoms with Gasteiger partial charge in [-0.25, -0.2) is 0 Å². The Morgan fingerprint density at radius 2 is 1.58 bits per heavy atom. The molecule has 0 aromatic heterocycles. The van der Waals surface area contributed by atoms with Crippen molar-refractivity contribution in [3.8, 4) is 0 Å². The van der Waals surface area contributed by atoms with E-state index in [1.807, 2.05) is 0 Å². The molecule has 1 amide bonds. The van der Waals surface area contributed by atoms with Gasteiger partial charge in [0, 0.05) is 0 Å². The minimum Gasteiger partial charge on any atom is -0.344 e. The van der Waals surface area contributed by atoms with Crippen LogP contribution in [0.5, 0.6) is 0 Å². The zero-order valence-corrected chi connectivity index (χ0v) is 10.2. The third-order valence-corrected chi connectivity index (χ3v) is 2.57. The van der Waals surface area contributed by atoms with Crippen LogP contribution >= 0.6 is 0 Å². The normalized spacial score (nSPS) is 14.1. The molecule has 0 saturated heterocycles. The van der Waals surface area contributed by atoms with E-state index in [-0.39, 0.29) is 0 Å². The number of benzene rings is 1. The van der Waals surface area contributed by atoms with Crippen molar-refractivity contribution >= 4 is 5.91 Å². The van der Waals surface area contributed by atoms with Crippen molar-refractivity contribution in [1.29, 1.82) is 0 Å². The van der Waals surface area contributed by atoms with Gasteiger partial charge in [-0.2, -0.15) is 22.0 Å². The highest BCUT2D eigenvalue weighted by molar-refractivity contribution is 5.84. The lowest BCUT2D eigenvalue weighted by Crippen LogP contribution is -2.50. The van der Waals surface area contributed by atoms with Gasteiger partial charge in [-0.15, -0.1) is 0 Å². The molecule has 0 saturated carbocycles. The standard InChI is InChI=1S/C12H12F5NO/c1-7-3-5-9(6-4-7)8(2)18-10(19)11(13,14)12(15,16)17/h3-6,8H,1-2H3,(H,18,19)/t8-/m1/s1. The van der Waals surface area contributed by atoms with Crippen molar-refractivity contribution in [1.82, 2.24) is 5.32 Å². The molecule has 0 unspecified atom stereocenters. The van der Waals surface area contributed by atoms with Gasteiger partial charge in [-0.05, 0) is 19.4 Å². The lowest BCUT2D eigenvalue weighted by molar-refractivity contribution is -0.270. The second-order valence-electron chi connectivity index (χ2n) is 4.18. The van der Waals surface area contributed by atoms with Crippen molar-refractivity contribution in [3.05, 3.63) is 35.4 Å². The van der Waals surface area contributed by atoms with Crippen molar-refractivity contribution in [2.75, 3.05) is 0 Å². The highest BCUT2D eigenvalue weighted by atomic mass is 19.4. The van der Waals surface area contributed by atoms with Crippen LogP contribution in [0.4, 0.5) is 22.0 Å². The van der Waals surface area contributed by atoms with Crippen LogP contribution < -0.4 is 5.32 Å². The molecule has 1 aromatic carbocycles. The van der Waals surface area contributed by atoms with Crippen LogP contribution in [0.1, 0.15) is 24.1 Å². The van der Waals surface area contributed by atoms with Crippen LogP contribution in [0.25, 0.3) is 0 Å². The fraction of sp³-hybridized carbons (Fsp3) is 0.417. The number of alkyl halides is 5. The second-order valence-corrected chi connectivity index (χ2v) is 4.18. The van der Waals surface area contributed by atoms with Crippen LogP contribution in [0.3, 0.4) is 0 Å². The Morgan fingerprint density at radius 1 is 1.11 bits per heavy atom. The number of halogens is 5. The fourth-order valence-electron chi connectivity index (χ4n) is 1.35. The monoisotopic (exact) mass is 281 g/mol. The molecule has 0 bridgehead atoms. The molecule has 7 heteroatoms. The van der Waals surface area contributed by atoms with E-state index in [1.54, 1.807) is 36.5 Å². The highest BCUT2D eigenvalue weighted by Crippen LogP contribution is 2.35. The summed E-state index contributed by atoms with van der Waals surface area (Å²) < 4.78 is 61.4. The Labute approximate surface area is 106 Å². The van der Waals surface area contributed by atoms with Gasteiger partial charge in [0.2, 0.25) is 0 Å². The maximum Gasteiger partial charge on any atom is 0.463 e. The van der Waals surface area contributed by atoms with Crippen LogP contribution in [0.2, 0.25) is 0 Å². The van der Waals surface area contributed by atoms with Gasteiger partial charge in [-0.1, -0.05) is 29.8 Å². The molecule has 0 radical (unpaired) electrons. The van der Waals surface area contributed by atoms with Gasteiger partial charge >= 0.3 is 18.0 Å². The lowest BCUT2D eigenvalue weighted by Gasteiger charge is -2.21. The Hall–Kier alpha value is -1.66. The largest absolute Gasteiger partial charge is 0.463 e. The first-order valence-electron chi connectivity index (χ1n) is 5.38. The molecule has 1 aromatic rings. The van der Waals surface area contributed by atoms with Crippen molar-refractivity contribution in [2.45, 2.75) is 32.0 Å². The second kappa shape index (κ2) is 5.14. The Kier molecular flexibility index (Phi) is 4.17. The molecule has 0 heterocycles. The Bertz CT molecular complexity index is 452.